The van der Waals surface area contributed by atoms with Gasteiger partial charge in [-0.1, -0.05) is 12.1 Å². The minimum absolute atomic E-state index is 0.246. The van der Waals surface area contributed by atoms with Gasteiger partial charge in [0.2, 0.25) is 10.0 Å². The van der Waals surface area contributed by atoms with E-state index in [0.29, 0.717) is 5.56 Å². The molecule has 0 radical (unpaired) electrons. The van der Waals surface area contributed by atoms with E-state index in [1.54, 1.807) is 6.07 Å². The van der Waals surface area contributed by atoms with E-state index in [9.17, 15) is 18.0 Å². The lowest BCUT2D eigenvalue weighted by Gasteiger charge is -2.33. The predicted molar refractivity (Wildman–Crippen MR) is 113 cm³/mol. The molecule has 1 fully saturated rings. The quantitative estimate of drug-likeness (QED) is 0.669. The van der Waals surface area contributed by atoms with Gasteiger partial charge in [-0.3, -0.25) is 4.79 Å². The molecular weight excluding hydrogens is 406 g/mol. The molecule has 1 aliphatic rings. The number of rotatable bonds is 5. The molecule has 0 N–H and O–H groups in total. The molecular formula is C21H27N3O5S. The van der Waals surface area contributed by atoms with Gasteiger partial charge in [-0.2, -0.15) is 4.31 Å². The van der Waals surface area contributed by atoms with Crippen LogP contribution in [0.3, 0.4) is 0 Å². The van der Waals surface area contributed by atoms with Gasteiger partial charge < -0.3 is 14.2 Å². The molecule has 30 heavy (non-hydrogen) atoms. The molecule has 0 atom stereocenters. The van der Waals surface area contributed by atoms with Gasteiger partial charge in [0, 0.05) is 43.3 Å². The van der Waals surface area contributed by atoms with E-state index in [2.05, 4.69) is 0 Å². The summed E-state index contributed by atoms with van der Waals surface area (Å²) in [7, 11) is -3.26. The van der Waals surface area contributed by atoms with Crippen LogP contribution in [0.25, 0.3) is 5.69 Å². The fourth-order valence-electron chi connectivity index (χ4n) is 3.70. The van der Waals surface area contributed by atoms with Crippen molar-refractivity contribution in [2.75, 3.05) is 39.0 Å². The average molecular weight is 434 g/mol. The number of ether oxygens (including phenoxy) is 1. The number of aromatic nitrogens is 1. The van der Waals surface area contributed by atoms with Crippen molar-refractivity contribution in [1.82, 2.24) is 13.8 Å². The Kier molecular flexibility index (Phi) is 6.33. The number of hydrogen-bond acceptors (Lipinski definition) is 5. The van der Waals surface area contributed by atoms with Crippen LogP contribution in [0, 0.1) is 20.8 Å². The number of piperazine rings is 1. The molecule has 2 heterocycles. The Labute approximate surface area is 177 Å². The van der Waals surface area contributed by atoms with E-state index in [1.807, 2.05) is 49.6 Å². The zero-order chi connectivity index (χ0) is 22.1. The Morgan fingerprint density at radius 1 is 1.03 bits per heavy atom. The molecule has 1 amide bonds. The molecule has 8 nitrogen and oxygen atoms in total. The fraction of sp³-hybridized carbons (Fsp3) is 0.429. The lowest BCUT2D eigenvalue weighted by atomic mass is 10.2. The number of carbonyl (C=O) groups is 2. The molecule has 1 aromatic carbocycles. The summed E-state index contributed by atoms with van der Waals surface area (Å²) in [5, 5.41) is 0. The Morgan fingerprint density at radius 3 is 2.30 bits per heavy atom. The van der Waals surface area contributed by atoms with Gasteiger partial charge in [-0.25, -0.2) is 13.2 Å². The van der Waals surface area contributed by atoms with Crippen LogP contribution in [-0.2, 0) is 19.6 Å². The maximum atomic E-state index is 12.6. The van der Waals surface area contributed by atoms with E-state index in [1.165, 1.54) is 9.21 Å². The third-order valence-electron chi connectivity index (χ3n) is 5.30. The predicted octanol–water partition coefficient (Wildman–Crippen LogP) is 1.66. The molecule has 2 aromatic rings. The van der Waals surface area contributed by atoms with E-state index in [-0.39, 0.29) is 38.7 Å². The van der Waals surface area contributed by atoms with Crippen molar-refractivity contribution < 1.29 is 22.7 Å². The molecule has 0 spiro atoms. The van der Waals surface area contributed by atoms with E-state index in [4.69, 9.17) is 4.74 Å². The second-order valence-corrected chi connectivity index (χ2v) is 9.56. The highest BCUT2D eigenvalue weighted by atomic mass is 32.2. The van der Waals surface area contributed by atoms with Gasteiger partial charge in [-0.15, -0.1) is 0 Å². The zero-order valence-corrected chi connectivity index (χ0v) is 18.5. The number of carbonyl (C=O) groups excluding carboxylic acids is 2. The van der Waals surface area contributed by atoms with E-state index < -0.39 is 16.0 Å². The first kappa shape index (κ1) is 22.0. The van der Waals surface area contributed by atoms with Crippen LogP contribution in [0.2, 0.25) is 0 Å². The number of nitrogens with zero attached hydrogens (tertiary/aromatic N) is 3. The topological polar surface area (TPSA) is 88.9 Å². The van der Waals surface area contributed by atoms with Crippen LogP contribution in [0.1, 0.15) is 27.3 Å². The number of esters is 1. The number of amides is 1. The van der Waals surface area contributed by atoms with Crippen LogP contribution in [0.15, 0.2) is 30.3 Å². The molecule has 0 bridgehead atoms. The average Bonchev–Trinajstić information content (AvgIpc) is 2.99. The Morgan fingerprint density at radius 2 is 1.70 bits per heavy atom. The summed E-state index contributed by atoms with van der Waals surface area (Å²) in [6, 6.07) is 9.74. The molecule has 3 rings (SSSR count). The lowest BCUT2D eigenvalue weighted by molar-refractivity contribution is -0.135. The standard InChI is InChI=1S/C21H27N3O5S/c1-15-6-5-7-18(12-15)24-16(2)13-19(17(24)3)21(26)29-14-20(25)22-8-10-23(11-9-22)30(4,27)28/h5-7,12-13H,8-11,14H2,1-4H3. The first-order chi connectivity index (χ1) is 14.1. The first-order valence-electron chi connectivity index (χ1n) is 9.74. The number of hydrogen-bond donors (Lipinski definition) is 0. The van der Waals surface area contributed by atoms with Crippen LogP contribution in [0.4, 0.5) is 0 Å². The van der Waals surface area contributed by atoms with Crippen molar-refractivity contribution in [2.45, 2.75) is 20.8 Å². The molecule has 9 heteroatoms. The maximum Gasteiger partial charge on any atom is 0.340 e. The highest BCUT2D eigenvalue weighted by molar-refractivity contribution is 7.88. The van der Waals surface area contributed by atoms with Crippen molar-refractivity contribution in [3.63, 3.8) is 0 Å². The zero-order valence-electron chi connectivity index (χ0n) is 17.7. The maximum absolute atomic E-state index is 12.6. The summed E-state index contributed by atoms with van der Waals surface area (Å²) >= 11 is 0. The highest BCUT2D eigenvalue weighted by Gasteiger charge is 2.27. The van der Waals surface area contributed by atoms with Gasteiger partial charge >= 0.3 is 5.97 Å². The number of benzene rings is 1. The summed E-state index contributed by atoms with van der Waals surface area (Å²) in [5.41, 5.74) is 4.14. The second-order valence-electron chi connectivity index (χ2n) is 7.58. The minimum atomic E-state index is -3.26. The third kappa shape index (κ3) is 4.73. The lowest BCUT2D eigenvalue weighted by Crippen LogP contribution is -2.51. The molecule has 0 saturated carbocycles. The van der Waals surface area contributed by atoms with E-state index in [0.717, 1.165) is 28.9 Å². The normalized spacial score (nSPS) is 15.3. The van der Waals surface area contributed by atoms with Gasteiger partial charge in [0.1, 0.15) is 0 Å². The fourth-order valence-corrected chi connectivity index (χ4v) is 4.53. The summed E-state index contributed by atoms with van der Waals surface area (Å²) in [5.74, 6) is -0.880. The third-order valence-corrected chi connectivity index (χ3v) is 6.60. The van der Waals surface area contributed by atoms with Crippen molar-refractivity contribution in [2.24, 2.45) is 0 Å². The Hall–Kier alpha value is -2.65. The van der Waals surface area contributed by atoms with Gasteiger partial charge in [0.15, 0.2) is 6.61 Å². The van der Waals surface area contributed by atoms with Crippen LogP contribution >= 0.6 is 0 Å². The highest BCUT2D eigenvalue weighted by Crippen LogP contribution is 2.22. The van der Waals surface area contributed by atoms with Gasteiger partial charge in [-0.05, 0) is 44.5 Å². The van der Waals surface area contributed by atoms with Crippen molar-refractivity contribution in [1.29, 1.82) is 0 Å². The monoisotopic (exact) mass is 433 g/mol. The number of aryl methyl sites for hydroxylation is 2. The first-order valence-corrected chi connectivity index (χ1v) is 11.6. The summed E-state index contributed by atoms with van der Waals surface area (Å²) in [4.78, 5) is 26.5. The van der Waals surface area contributed by atoms with E-state index >= 15 is 0 Å². The molecule has 162 valence electrons. The molecule has 1 aliphatic heterocycles. The van der Waals surface area contributed by atoms with Gasteiger partial charge in [0.25, 0.3) is 5.91 Å². The van der Waals surface area contributed by atoms with Crippen molar-refractivity contribution >= 4 is 21.9 Å². The molecule has 0 unspecified atom stereocenters. The van der Waals surface area contributed by atoms with Crippen molar-refractivity contribution in [3.05, 3.63) is 52.8 Å². The SMILES string of the molecule is Cc1cccc(-n2c(C)cc(C(=O)OCC(=O)N3CCN(S(C)(=O)=O)CC3)c2C)c1. The molecule has 1 aromatic heterocycles. The Bertz CT molecular complexity index is 1070. The smallest absolute Gasteiger partial charge is 0.340 e. The van der Waals surface area contributed by atoms with Crippen LogP contribution in [0.5, 0.6) is 0 Å². The van der Waals surface area contributed by atoms with Crippen LogP contribution < -0.4 is 0 Å². The summed E-state index contributed by atoms with van der Waals surface area (Å²) < 4.78 is 31.7. The minimum Gasteiger partial charge on any atom is -0.452 e. The number of sulfonamides is 1. The van der Waals surface area contributed by atoms with Crippen molar-refractivity contribution in [3.8, 4) is 5.69 Å². The molecule has 0 aliphatic carbocycles. The van der Waals surface area contributed by atoms with Crippen LogP contribution in [-0.4, -0.2) is 73.1 Å². The largest absolute Gasteiger partial charge is 0.452 e. The summed E-state index contributed by atoms with van der Waals surface area (Å²) in [6.45, 7) is 6.46. The molecule has 1 saturated heterocycles. The summed E-state index contributed by atoms with van der Waals surface area (Å²) in [6.07, 6.45) is 1.15. The Balaban J connectivity index is 1.63. The second kappa shape index (κ2) is 8.61. The van der Waals surface area contributed by atoms with Gasteiger partial charge in [0.05, 0.1) is 11.8 Å².